The molecule has 0 bridgehead atoms. The van der Waals surface area contributed by atoms with Crippen LogP contribution in [0.5, 0.6) is 5.75 Å². The summed E-state index contributed by atoms with van der Waals surface area (Å²) in [5.74, 6) is 0.677. The molecule has 1 aromatic heterocycles. The molecule has 2 heterocycles. The molecule has 0 atom stereocenters. The Balaban J connectivity index is 1.48. The predicted molar refractivity (Wildman–Crippen MR) is 115 cm³/mol. The van der Waals surface area contributed by atoms with Gasteiger partial charge in [0.2, 0.25) is 15.9 Å². The van der Waals surface area contributed by atoms with E-state index >= 15 is 0 Å². The number of sulfonamides is 1. The van der Waals surface area contributed by atoms with E-state index in [1.807, 2.05) is 26.0 Å². The van der Waals surface area contributed by atoms with Gasteiger partial charge in [-0.05, 0) is 62.1 Å². The highest BCUT2D eigenvalue weighted by Crippen LogP contribution is 2.24. The van der Waals surface area contributed by atoms with E-state index in [4.69, 9.17) is 4.74 Å². The third-order valence-corrected chi connectivity index (χ3v) is 7.22. The molecule has 2 aromatic rings. The Morgan fingerprint density at radius 3 is 2.47 bits per heavy atom. The average Bonchev–Trinajstić information content (AvgIpc) is 2.73. The maximum Gasteiger partial charge on any atom is 0.244 e. The highest BCUT2D eigenvalue weighted by molar-refractivity contribution is 7.89. The molecule has 162 valence electrons. The second-order valence-electron chi connectivity index (χ2n) is 7.80. The highest BCUT2D eigenvalue weighted by Gasteiger charge is 2.33. The zero-order valence-corrected chi connectivity index (χ0v) is 18.6. The van der Waals surface area contributed by atoms with Gasteiger partial charge in [0.15, 0.2) is 0 Å². The van der Waals surface area contributed by atoms with Crippen LogP contribution in [-0.4, -0.2) is 61.8 Å². The number of benzene rings is 1. The fourth-order valence-corrected chi connectivity index (χ4v) is 5.16. The van der Waals surface area contributed by atoms with Crippen LogP contribution in [0.4, 0.5) is 0 Å². The SMILES string of the molecule is Cc1cc(C)cc(OCCN(C)C(=O)C2CCN(S(=O)(=O)c3cccnc3)CC2)c1. The van der Waals surface area contributed by atoms with E-state index in [1.165, 1.54) is 10.5 Å². The van der Waals surface area contributed by atoms with Crippen LogP contribution in [0.25, 0.3) is 0 Å². The van der Waals surface area contributed by atoms with Gasteiger partial charge in [0, 0.05) is 38.4 Å². The molecule has 8 heteroatoms. The number of aromatic nitrogens is 1. The molecule has 7 nitrogen and oxygen atoms in total. The van der Waals surface area contributed by atoms with Gasteiger partial charge in [-0.25, -0.2) is 8.42 Å². The first-order chi connectivity index (χ1) is 14.3. The topological polar surface area (TPSA) is 79.8 Å². The Kier molecular flexibility index (Phi) is 7.10. The van der Waals surface area contributed by atoms with E-state index in [1.54, 1.807) is 30.3 Å². The second-order valence-corrected chi connectivity index (χ2v) is 9.74. The summed E-state index contributed by atoms with van der Waals surface area (Å²) < 4.78 is 32.6. The second kappa shape index (κ2) is 9.57. The minimum absolute atomic E-state index is 0.0393. The maximum atomic E-state index is 12.8. The summed E-state index contributed by atoms with van der Waals surface area (Å²) in [6.45, 7) is 5.62. The summed E-state index contributed by atoms with van der Waals surface area (Å²) in [5.41, 5.74) is 2.28. The van der Waals surface area contributed by atoms with Crippen LogP contribution in [0.2, 0.25) is 0 Å². The lowest BCUT2D eigenvalue weighted by Gasteiger charge is -2.32. The number of aryl methyl sites for hydroxylation is 2. The van der Waals surface area contributed by atoms with Crippen molar-refractivity contribution in [3.8, 4) is 5.75 Å². The molecule has 1 aliphatic heterocycles. The normalized spacial score (nSPS) is 15.7. The lowest BCUT2D eigenvalue weighted by Crippen LogP contribution is -2.44. The number of hydrogen-bond donors (Lipinski definition) is 0. The van der Waals surface area contributed by atoms with Gasteiger partial charge in [0.05, 0.1) is 6.54 Å². The van der Waals surface area contributed by atoms with Crippen LogP contribution < -0.4 is 4.74 Å². The summed E-state index contributed by atoms with van der Waals surface area (Å²) in [7, 11) is -1.79. The van der Waals surface area contributed by atoms with Crippen molar-refractivity contribution in [3.05, 3.63) is 53.9 Å². The van der Waals surface area contributed by atoms with Crippen molar-refractivity contribution in [2.24, 2.45) is 5.92 Å². The van der Waals surface area contributed by atoms with Gasteiger partial charge in [-0.1, -0.05) is 6.07 Å². The van der Waals surface area contributed by atoms with E-state index in [9.17, 15) is 13.2 Å². The summed E-state index contributed by atoms with van der Waals surface area (Å²) in [5, 5.41) is 0. The highest BCUT2D eigenvalue weighted by atomic mass is 32.2. The minimum atomic E-state index is -3.56. The number of pyridine rings is 1. The van der Waals surface area contributed by atoms with E-state index in [2.05, 4.69) is 11.1 Å². The van der Waals surface area contributed by atoms with E-state index in [-0.39, 0.29) is 16.7 Å². The summed E-state index contributed by atoms with van der Waals surface area (Å²) >= 11 is 0. The third kappa shape index (κ3) is 5.37. The van der Waals surface area contributed by atoms with Gasteiger partial charge in [-0.3, -0.25) is 9.78 Å². The molecule has 1 fully saturated rings. The first kappa shape index (κ1) is 22.2. The molecule has 3 rings (SSSR count). The molecule has 1 saturated heterocycles. The number of hydrogen-bond acceptors (Lipinski definition) is 5. The fraction of sp³-hybridized carbons (Fsp3) is 0.455. The van der Waals surface area contributed by atoms with E-state index in [0.29, 0.717) is 39.1 Å². The predicted octanol–water partition coefficient (Wildman–Crippen LogP) is 2.64. The van der Waals surface area contributed by atoms with Crippen molar-refractivity contribution in [2.45, 2.75) is 31.6 Å². The lowest BCUT2D eigenvalue weighted by atomic mass is 9.97. The molecule has 0 spiro atoms. The number of piperidine rings is 1. The van der Waals surface area contributed by atoms with Gasteiger partial charge in [-0.2, -0.15) is 4.31 Å². The third-order valence-electron chi connectivity index (χ3n) is 5.34. The van der Waals surface area contributed by atoms with Gasteiger partial charge in [-0.15, -0.1) is 0 Å². The number of rotatable bonds is 7. The van der Waals surface area contributed by atoms with Crippen LogP contribution in [0.15, 0.2) is 47.6 Å². The first-order valence-corrected chi connectivity index (χ1v) is 11.6. The summed E-state index contributed by atoms with van der Waals surface area (Å²) in [6.07, 6.45) is 3.93. The number of ether oxygens (including phenoxy) is 1. The van der Waals surface area contributed by atoms with Crippen molar-refractivity contribution in [2.75, 3.05) is 33.3 Å². The van der Waals surface area contributed by atoms with Gasteiger partial charge >= 0.3 is 0 Å². The van der Waals surface area contributed by atoms with Crippen LogP contribution in [0, 0.1) is 19.8 Å². The van der Waals surface area contributed by atoms with E-state index < -0.39 is 10.0 Å². The molecule has 0 aliphatic carbocycles. The molecule has 1 aliphatic rings. The molecule has 0 unspecified atom stereocenters. The smallest absolute Gasteiger partial charge is 0.244 e. The Morgan fingerprint density at radius 2 is 1.87 bits per heavy atom. The molecule has 1 aromatic carbocycles. The Morgan fingerprint density at radius 1 is 1.20 bits per heavy atom. The summed E-state index contributed by atoms with van der Waals surface area (Å²) in [4.78, 5) is 18.5. The Labute approximate surface area is 178 Å². The Bertz CT molecular complexity index is 951. The zero-order valence-electron chi connectivity index (χ0n) is 17.7. The average molecular weight is 432 g/mol. The number of carbonyl (C=O) groups excluding carboxylic acids is 1. The zero-order chi connectivity index (χ0) is 21.7. The van der Waals surface area contributed by atoms with Crippen LogP contribution in [0.3, 0.4) is 0 Å². The van der Waals surface area contributed by atoms with Crippen LogP contribution >= 0.6 is 0 Å². The lowest BCUT2D eigenvalue weighted by molar-refractivity contribution is -0.135. The quantitative estimate of drug-likeness (QED) is 0.673. The van der Waals surface area contributed by atoms with Gasteiger partial charge in [0.25, 0.3) is 0 Å². The molecular formula is C22H29N3O4S. The van der Waals surface area contributed by atoms with E-state index in [0.717, 1.165) is 16.9 Å². The number of likely N-dealkylation sites (N-methyl/N-ethyl adjacent to an activating group) is 1. The molecule has 0 radical (unpaired) electrons. The van der Waals surface area contributed by atoms with Crippen molar-refractivity contribution < 1.29 is 17.9 Å². The number of amides is 1. The number of nitrogens with zero attached hydrogens (tertiary/aromatic N) is 3. The van der Waals surface area contributed by atoms with Gasteiger partial charge < -0.3 is 9.64 Å². The monoisotopic (exact) mass is 431 g/mol. The van der Waals surface area contributed by atoms with Crippen molar-refractivity contribution in [3.63, 3.8) is 0 Å². The largest absolute Gasteiger partial charge is 0.492 e. The molecule has 0 saturated carbocycles. The standard InChI is InChI=1S/C22H29N3O4S/c1-17-13-18(2)15-20(14-17)29-12-11-24(3)22(26)19-6-9-25(10-7-19)30(27,28)21-5-4-8-23-16-21/h4-5,8,13-16,19H,6-7,9-12H2,1-3H3. The Hall–Kier alpha value is -2.45. The van der Waals surface area contributed by atoms with Gasteiger partial charge in [0.1, 0.15) is 17.3 Å². The fourth-order valence-electron chi connectivity index (χ4n) is 3.73. The van der Waals surface area contributed by atoms with Crippen molar-refractivity contribution >= 4 is 15.9 Å². The van der Waals surface area contributed by atoms with Crippen molar-refractivity contribution in [1.82, 2.24) is 14.2 Å². The van der Waals surface area contributed by atoms with Crippen LogP contribution in [0.1, 0.15) is 24.0 Å². The molecule has 0 N–H and O–H groups in total. The summed E-state index contributed by atoms with van der Waals surface area (Å²) in [6, 6.07) is 9.20. The minimum Gasteiger partial charge on any atom is -0.492 e. The molecule has 30 heavy (non-hydrogen) atoms. The van der Waals surface area contributed by atoms with Crippen molar-refractivity contribution in [1.29, 1.82) is 0 Å². The number of carbonyl (C=O) groups is 1. The van der Waals surface area contributed by atoms with Crippen LogP contribution in [-0.2, 0) is 14.8 Å². The maximum absolute atomic E-state index is 12.8. The molecular weight excluding hydrogens is 402 g/mol. The molecule has 1 amide bonds. The first-order valence-electron chi connectivity index (χ1n) is 10.1.